The van der Waals surface area contributed by atoms with Gasteiger partial charge in [-0.25, -0.2) is 0 Å². The minimum absolute atomic E-state index is 1.31. The predicted octanol–water partition coefficient (Wildman–Crippen LogP) is 3.87. The van der Waals surface area contributed by atoms with Gasteiger partial charge in [-0.1, -0.05) is 54.6 Å². The van der Waals surface area contributed by atoms with Crippen LogP contribution in [0.25, 0.3) is 11.1 Å². The molecule has 1 nitrogen and oxygen atoms in total. The molecule has 78 valence electrons. The first-order chi connectivity index (χ1) is 7.97. The van der Waals surface area contributed by atoms with Gasteiger partial charge >= 0.3 is 0 Å². The summed E-state index contributed by atoms with van der Waals surface area (Å²) in [7, 11) is 0. The first-order valence-corrected chi connectivity index (χ1v) is 5.25. The van der Waals surface area contributed by atoms with Crippen LogP contribution in [0.1, 0.15) is 0 Å². The Morgan fingerprint density at radius 2 is 1.00 bits per heavy atom. The molecule has 1 aromatic rings. The SMILES string of the molecule is c1ccc2cccc-2cc1.c1ccncc1. The van der Waals surface area contributed by atoms with Crippen molar-refractivity contribution in [2.45, 2.75) is 0 Å². The molecule has 3 rings (SSSR count). The van der Waals surface area contributed by atoms with E-state index in [-0.39, 0.29) is 0 Å². The minimum Gasteiger partial charge on any atom is -0.265 e. The molecule has 0 amide bonds. The van der Waals surface area contributed by atoms with E-state index in [2.05, 4.69) is 47.4 Å². The fourth-order valence-electron chi connectivity index (χ4n) is 1.45. The fourth-order valence-corrected chi connectivity index (χ4v) is 1.45. The van der Waals surface area contributed by atoms with Crippen molar-refractivity contribution >= 4 is 0 Å². The third-order valence-corrected chi connectivity index (χ3v) is 2.23. The lowest BCUT2D eigenvalue weighted by molar-refractivity contribution is 1.33. The maximum absolute atomic E-state index is 3.78. The van der Waals surface area contributed by atoms with E-state index in [1.165, 1.54) is 11.1 Å². The zero-order chi connectivity index (χ0) is 11.1. The average molecular weight is 207 g/mol. The molecule has 2 aliphatic rings. The summed E-state index contributed by atoms with van der Waals surface area (Å²) >= 11 is 0. The van der Waals surface area contributed by atoms with Crippen molar-refractivity contribution in [2.75, 3.05) is 0 Å². The number of rotatable bonds is 0. The molecular formula is C15H13N. The van der Waals surface area contributed by atoms with Gasteiger partial charge in [0.15, 0.2) is 0 Å². The standard InChI is InChI=1S/C10H8.C5H5N/c1-2-5-9-7-4-8-10(9)6-3-1;1-2-4-6-5-3-1/h1-8H;1-5H. The monoisotopic (exact) mass is 207 g/mol. The third-order valence-electron chi connectivity index (χ3n) is 2.23. The summed E-state index contributed by atoms with van der Waals surface area (Å²) in [5, 5.41) is 0. The van der Waals surface area contributed by atoms with E-state index in [1.54, 1.807) is 12.4 Å². The number of nitrogens with zero attached hydrogens (tertiary/aromatic N) is 1. The van der Waals surface area contributed by atoms with Crippen molar-refractivity contribution in [3.63, 3.8) is 0 Å². The molecule has 0 atom stereocenters. The van der Waals surface area contributed by atoms with Gasteiger partial charge in [-0.05, 0) is 23.3 Å². The molecule has 1 heteroatoms. The lowest BCUT2D eigenvalue weighted by Crippen LogP contribution is -1.59. The van der Waals surface area contributed by atoms with Crippen LogP contribution >= 0.6 is 0 Å². The van der Waals surface area contributed by atoms with Crippen molar-refractivity contribution in [1.29, 1.82) is 0 Å². The van der Waals surface area contributed by atoms with E-state index in [0.717, 1.165) is 0 Å². The van der Waals surface area contributed by atoms with Crippen LogP contribution < -0.4 is 0 Å². The minimum atomic E-state index is 1.31. The molecule has 0 N–H and O–H groups in total. The summed E-state index contributed by atoms with van der Waals surface area (Å²) in [5.74, 6) is 0. The second-order valence-electron chi connectivity index (χ2n) is 3.37. The highest BCUT2D eigenvalue weighted by molar-refractivity contribution is 5.65. The summed E-state index contributed by atoms with van der Waals surface area (Å²) in [6, 6.07) is 22.4. The van der Waals surface area contributed by atoms with Gasteiger partial charge in [0.2, 0.25) is 0 Å². The highest BCUT2D eigenvalue weighted by atomic mass is 14.6. The van der Waals surface area contributed by atoms with Gasteiger partial charge < -0.3 is 0 Å². The average Bonchev–Trinajstić information content (AvgIpc) is 2.69. The number of aromatic nitrogens is 1. The third kappa shape index (κ3) is 2.92. The van der Waals surface area contributed by atoms with Crippen LogP contribution in [0.2, 0.25) is 0 Å². The van der Waals surface area contributed by atoms with Gasteiger partial charge in [0, 0.05) is 12.4 Å². The quantitative estimate of drug-likeness (QED) is 0.545. The molecule has 2 aliphatic carbocycles. The number of hydrogen-bond donors (Lipinski definition) is 0. The maximum atomic E-state index is 3.78. The lowest BCUT2D eigenvalue weighted by Gasteiger charge is -1.85. The van der Waals surface area contributed by atoms with Crippen LogP contribution in [0.4, 0.5) is 0 Å². The number of pyridine rings is 1. The van der Waals surface area contributed by atoms with Crippen LogP contribution in [0.3, 0.4) is 0 Å². The van der Waals surface area contributed by atoms with Gasteiger partial charge in [0.05, 0.1) is 0 Å². The van der Waals surface area contributed by atoms with Gasteiger partial charge in [0.1, 0.15) is 0 Å². The normalized spacial score (nSPS) is 9.25. The van der Waals surface area contributed by atoms with E-state index in [0.29, 0.717) is 0 Å². The predicted molar refractivity (Wildman–Crippen MR) is 67.3 cm³/mol. The molecule has 0 saturated carbocycles. The molecule has 16 heavy (non-hydrogen) atoms. The summed E-state index contributed by atoms with van der Waals surface area (Å²) < 4.78 is 0. The van der Waals surface area contributed by atoms with E-state index in [9.17, 15) is 0 Å². The van der Waals surface area contributed by atoms with Crippen molar-refractivity contribution in [1.82, 2.24) is 4.98 Å². The summed E-state index contributed by atoms with van der Waals surface area (Å²) in [5.41, 5.74) is 2.62. The highest BCUT2D eigenvalue weighted by Crippen LogP contribution is 2.19. The van der Waals surface area contributed by atoms with Gasteiger partial charge in [-0.3, -0.25) is 4.98 Å². The van der Waals surface area contributed by atoms with Gasteiger partial charge in [-0.15, -0.1) is 0 Å². The van der Waals surface area contributed by atoms with Gasteiger partial charge in [-0.2, -0.15) is 0 Å². The summed E-state index contributed by atoms with van der Waals surface area (Å²) in [6.45, 7) is 0. The summed E-state index contributed by atoms with van der Waals surface area (Å²) in [6.07, 6.45) is 3.50. The highest BCUT2D eigenvalue weighted by Gasteiger charge is 1.94. The molecule has 0 bridgehead atoms. The van der Waals surface area contributed by atoms with Crippen molar-refractivity contribution < 1.29 is 0 Å². The first-order valence-electron chi connectivity index (χ1n) is 5.25. The van der Waals surface area contributed by atoms with Crippen LogP contribution in [0.15, 0.2) is 79.1 Å². The zero-order valence-corrected chi connectivity index (χ0v) is 8.95. The Bertz CT molecular complexity index is 436. The molecule has 1 heterocycles. The Morgan fingerprint density at radius 1 is 0.500 bits per heavy atom. The molecule has 0 aliphatic heterocycles. The van der Waals surface area contributed by atoms with Crippen LogP contribution in [-0.2, 0) is 0 Å². The summed E-state index contributed by atoms with van der Waals surface area (Å²) in [4.78, 5) is 3.78. The van der Waals surface area contributed by atoms with Gasteiger partial charge in [0.25, 0.3) is 0 Å². The fraction of sp³-hybridized carbons (Fsp3) is 0. The Balaban J connectivity index is 0.000000138. The number of fused-ring (bicyclic) bond motifs is 1. The Morgan fingerprint density at radius 3 is 1.44 bits per heavy atom. The van der Waals surface area contributed by atoms with Crippen LogP contribution in [0.5, 0.6) is 0 Å². The van der Waals surface area contributed by atoms with Crippen LogP contribution in [-0.4, -0.2) is 4.98 Å². The maximum Gasteiger partial charge on any atom is 0.0267 e. The molecule has 0 fully saturated rings. The molecule has 0 aromatic carbocycles. The topological polar surface area (TPSA) is 12.9 Å². The van der Waals surface area contributed by atoms with E-state index in [1.807, 2.05) is 24.3 Å². The zero-order valence-electron chi connectivity index (χ0n) is 8.95. The second-order valence-corrected chi connectivity index (χ2v) is 3.37. The number of hydrogen-bond acceptors (Lipinski definition) is 1. The van der Waals surface area contributed by atoms with E-state index in [4.69, 9.17) is 0 Å². The molecule has 0 radical (unpaired) electrons. The first kappa shape index (κ1) is 10.4. The van der Waals surface area contributed by atoms with E-state index < -0.39 is 0 Å². The van der Waals surface area contributed by atoms with Crippen molar-refractivity contribution in [3.8, 4) is 11.1 Å². The Hall–Kier alpha value is -2.15. The van der Waals surface area contributed by atoms with Crippen molar-refractivity contribution in [3.05, 3.63) is 79.1 Å². The molecule has 0 unspecified atom stereocenters. The van der Waals surface area contributed by atoms with Crippen molar-refractivity contribution in [2.24, 2.45) is 0 Å². The largest absolute Gasteiger partial charge is 0.265 e. The van der Waals surface area contributed by atoms with Crippen LogP contribution in [0, 0.1) is 0 Å². The lowest BCUT2D eigenvalue weighted by atomic mass is 10.2. The Kier molecular flexibility index (Phi) is 3.67. The second kappa shape index (κ2) is 5.66. The smallest absolute Gasteiger partial charge is 0.0267 e. The van der Waals surface area contributed by atoms with E-state index >= 15 is 0 Å². The molecule has 1 aromatic heterocycles. The molecular weight excluding hydrogens is 194 g/mol. The molecule has 0 spiro atoms. The molecule has 0 saturated heterocycles. The Labute approximate surface area is 95.8 Å².